The fourth-order valence-corrected chi connectivity index (χ4v) is 2.68. The zero-order chi connectivity index (χ0) is 11.4. The highest BCUT2D eigenvalue weighted by molar-refractivity contribution is 7.10. The highest BCUT2D eigenvalue weighted by atomic mass is 32.1. The first-order valence-electron chi connectivity index (χ1n) is 5.37. The van der Waals surface area contributed by atoms with Gasteiger partial charge in [0, 0.05) is 10.4 Å². The minimum absolute atomic E-state index is 0.361. The molecular formula is C11H14N2O2S. The second kappa shape index (κ2) is 5.12. The number of amides is 1. The number of hydrazone groups is 1. The third-order valence-electron chi connectivity index (χ3n) is 2.43. The smallest absolute Gasteiger partial charge is 0.427 e. The van der Waals surface area contributed by atoms with Crippen LogP contribution in [0.25, 0.3) is 0 Å². The molecular weight excluding hydrogens is 224 g/mol. The lowest BCUT2D eigenvalue weighted by Crippen LogP contribution is -2.22. The summed E-state index contributed by atoms with van der Waals surface area (Å²) in [5.74, 6) is 0. The average molecular weight is 238 g/mol. The standard InChI is InChI=1S/C11H14N2O2S/c1-2-15-11(14)13-12-9-4-3-5-10-8(9)6-7-16-10/h6-7H,2-5H2,1H3,(H,13,14)/b12-9-. The van der Waals surface area contributed by atoms with Crippen molar-refractivity contribution in [3.8, 4) is 0 Å². The Morgan fingerprint density at radius 2 is 2.50 bits per heavy atom. The first-order valence-corrected chi connectivity index (χ1v) is 6.25. The molecule has 0 saturated carbocycles. The molecule has 1 amide bonds. The quantitative estimate of drug-likeness (QED) is 0.805. The van der Waals surface area contributed by atoms with Gasteiger partial charge in [-0.15, -0.1) is 11.3 Å². The van der Waals surface area contributed by atoms with Gasteiger partial charge in [-0.05, 0) is 37.6 Å². The molecule has 0 aromatic carbocycles. The molecule has 0 saturated heterocycles. The van der Waals surface area contributed by atoms with Crippen LogP contribution in [0, 0.1) is 0 Å². The van der Waals surface area contributed by atoms with Gasteiger partial charge in [0.1, 0.15) is 0 Å². The Balaban J connectivity index is 2.06. The Bertz CT molecular complexity index is 412. The number of rotatable bonds is 2. The summed E-state index contributed by atoms with van der Waals surface area (Å²) in [5, 5.41) is 6.18. The Morgan fingerprint density at radius 3 is 3.31 bits per heavy atom. The normalized spacial score (nSPS) is 16.9. The van der Waals surface area contributed by atoms with Crippen molar-refractivity contribution in [2.75, 3.05) is 6.61 Å². The van der Waals surface area contributed by atoms with Gasteiger partial charge >= 0.3 is 6.09 Å². The van der Waals surface area contributed by atoms with Crippen LogP contribution in [0.2, 0.25) is 0 Å². The van der Waals surface area contributed by atoms with Gasteiger partial charge < -0.3 is 4.74 Å². The number of carbonyl (C=O) groups excluding carboxylic acids is 1. The van der Waals surface area contributed by atoms with Crippen molar-refractivity contribution in [1.29, 1.82) is 0 Å². The summed E-state index contributed by atoms with van der Waals surface area (Å²) >= 11 is 1.75. The molecule has 1 N–H and O–H groups in total. The van der Waals surface area contributed by atoms with Crippen LogP contribution in [0.1, 0.15) is 30.2 Å². The Kier molecular flexibility index (Phi) is 3.56. The molecule has 1 aliphatic carbocycles. The Labute approximate surface area is 98.3 Å². The van der Waals surface area contributed by atoms with Gasteiger partial charge in [0.15, 0.2) is 0 Å². The van der Waals surface area contributed by atoms with E-state index in [1.54, 1.807) is 18.3 Å². The lowest BCUT2D eigenvalue weighted by atomic mass is 9.97. The van der Waals surface area contributed by atoms with E-state index >= 15 is 0 Å². The summed E-state index contributed by atoms with van der Waals surface area (Å²) in [6.07, 6.45) is 2.63. The lowest BCUT2D eigenvalue weighted by Gasteiger charge is -2.13. The maximum Gasteiger partial charge on any atom is 0.427 e. The molecule has 1 aromatic rings. The van der Waals surface area contributed by atoms with Crippen LogP contribution in [0.15, 0.2) is 16.5 Å². The van der Waals surface area contributed by atoms with Crippen molar-refractivity contribution in [2.24, 2.45) is 5.10 Å². The van der Waals surface area contributed by atoms with Gasteiger partial charge in [-0.2, -0.15) is 5.10 Å². The van der Waals surface area contributed by atoms with Crippen LogP contribution in [0.3, 0.4) is 0 Å². The van der Waals surface area contributed by atoms with E-state index in [1.165, 1.54) is 10.4 Å². The molecule has 0 bridgehead atoms. The summed E-state index contributed by atoms with van der Waals surface area (Å²) in [4.78, 5) is 12.5. The molecule has 2 rings (SSSR count). The molecule has 0 unspecified atom stereocenters. The highest BCUT2D eigenvalue weighted by Gasteiger charge is 2.16. The predicted octanol–water partition coefficient (Wildman–Crippen LogP) is 2.53. The summed E-state index contributed by atoms with van der Waals surface area (Å²) in [6.45, 7) is 2.13. The minimum Gasteiger partial charge on any atom is -0.449 e. The number of fused-ring (bicyclic) bond motifs is 1. The largest absolute Gasteiger partial charge is 0.449 e. The summed E-state index contributed by atoms with van der Waals surface area (Å²) < 4.78 is 4.75. The molecule has 0 fully saturated rings. The van der Waals surface area contributed by atoms with Crippen LogP contribution in [0.5, 0.6) is 0 Å². The van der Waals surface area contributed by atoms with Crippen molar-refractivity contribution in [3.05, 3.63) is 21.9 Å². The van der Waals surface area contributed by atoms with Gasteiger partial charge in [-0.3, -0.25) is 0 Å². The van der Waals surface area contributed by atoms with Gasteiger partial charge in [-0.25, -0.2) is 10.2 Å². The number of carbonyl (C=O) groups is 1. The van der Waals surface area contributed by atoms with Crippen molar-refractivity contribution >= 4 is 23.1 Å². The maximum absolute atomic E-state index is 11.1. The van der Waals surface area contributed by atoms with Gasteiger partial charge in [0.2, 0.25) is 0 Å². The summed E-state index contributed by atoms with van der Waals surface area (Å²) in [6, 6.07) is 2.06. The molecule has 1 heterocycles. The van der Waals surface area contributed by atoms with E-state index in [0.717, 1.165) is 25.0 Å². The van der Waals surface area contributed by atoms with E-state index in [9.17, 15) is 4.79 Å². The van der Waals surface area contributed by atoms with Gasteiger partial charge in [-0.1, -0.05) is 0 Å². The molecule has 16 heavy (non-hydrogen) atoms. The number of ether oxygens (including phenoxy) is 1. The first-order chi connectivity index (χ1) is 7.81. The number of nitrogens with zero attached hydrogens (tertiary/aromatic N) is 1. The van der Waals surface area contributed by atoms with Crippen LogP contribution < -0.4 is 5.43 Å². The van der Waals surface area contributed by atoms with Crippen molar-refractivity contribution in [1.82, 2.24) is 5.43 Å². The van der Waals surface area contributed by atoms with E-state index in [-0.39, 0.29) is 0 Å². The number of hydrogen-bond donors (Lipinski definition) is 1. The molecule has 0 aliphatic heterocycles. The average Bonchev–Trinajstić information content (AvgIpc) is 2.75. The van der Waals surface area contributed by atoms with Crippen molar-refractivity contribution < 1.29 is 9.53 Å². The molecule has 4 nitrogen and oxygen atoms in total. The number of thiophene rings is 1. The highest BCUT2D eigenvalue weighted by Crippen LogP contribution is 2.26. The third-order valence-corrected chi connectivity index (χ3v) is 3.41. The second-order valence-corrected chi connectivity index (χ2v) is 4.50. The van der Waals surface area contributed by atoms with E-state index < -0.39 is 6.09 Å². The van der Waals surface area contributed by atoms with Crippen LogP contribution in [-0.2, 0) is 11.2 Å². The monoisotopic (exact) mass is 238 g/mol. The molecule has 1 aromatic heterocycles. The minimum atomic E-state index is -0.489. The van der Waals surface area contributed by atoms with Gasteiger partial charge in [0.05, 0.1) is 12.3 Å². The van der Waals surface area contributed by atoms with Crippen molar-refractivity contribution in [3.63, 3.8) is 0 Å². The Hall–Kier alpha value is -1.36. The van der Waals surface area contributed by atoms with E-state index in [4.69, 9.17) is 4.74 Å². The van der Waals surface area contributed by atoms with Crippen LogP contribution in [-0.4, -0.2) is 18.4 Å². The number of nitrogens with one attached hydrogen (secondary N) is 1. The number of aryl methyl sites for hydroxylation is 1. The predicted molar refractivity (Wildman–Crippen MR) is 64.0 cm³/mol. The first kappa shape index (κ1) is 11.1. The summed E-state index contributed by atoms with van der Waals surface area (Å²) in [5.41, 5.74) is 4.54. The van der Waals surface area contributed by atoms with Crippen molar-refractivity contribution in [2.45, 2.75) is 26.2 Å². The molecule has 0 radical (unpaired) electrons. The Morgan fingerprint density at radius 1 is 1.62 bits per heavy atom. The second-order valence-electron chi connectivity index (χ2n) is 3.50. The van der Waals surface area contributed by atoms with E-state index in [0.29, 0.717) is 6.61 Å². The third kappa shape index (κ3) is 2.41. The summed E-state index contributed by atoms with van der Waals surface area (Å²) in [7, 11) is 0. The maximum atomic E-state index is 11.1. The van der Waals surface area contributed by atoms with Gasteiger partial charge in [0.25, 0.3) is 0 Å². The lowest BCUT2D eigenvalue weighted by molar-refractivity contribution is 0.152. The molecule has 1 aliphatic rings. The zero-order valence-electron chi connectivity index (χ0n) is 9.16. The van der Waals surface area contributed by atoms with E-state index in [2.05, 4.69) is 22.0 Å². The van der Waals surface area contributed by atoms with E-state index in [1.807, 2.05) is 0 Å². The fraction of sp³-hybridized carbons (Fsp3) is 0.455. The molecule has 0 spiro atoms. The number of hydrogen-bond acceptors (Lipinski definition) is 4. The molecule has 86 valence electrons. The van der Waals surface area contributed by atoms with Crippen LogP contribution in [0.4, 0.5) is 4.79 Å². The fourth-order valence-electron chi connectivity index (χ4n) is 1.74. The molecule has 5 heteroatoms. The van der Waals surface area contributed by atoms with Crippen LogP contribution >= 0.6 is 11.3 Å². The topological polar surface area (TPSA) is 50.7 Å². The molecule has 0 atom stereocenters. The SMILES string of the molecule is CCOC(=O)N/N=C1/CCCc2sccc21. The zero-order valence-corrected chi connectivity index (χ0v) is 9.97.